The van der Waals surface area contributed by atoms with E-state index in [0.717, 1.165) is 43.9 Å². The van der Waals surface area contributed by atoms with Gasteiger partial charge in [-0.25, -0.2) is 4.98 Å². The molecule has 3 heterocycles. The van der Waals surface area contributed by atoms with E-state index in [2.05, 4.69) is 105 Å². The molecule has 0 spiro atoms. The molecule has 11 rings (SSSR count). The topological polar surface area (TPSA) is 38.5 Å². The van der Waals surface area contributed by atoms with Gasteiger partial charge in [0, 0.05) is 78.7 Å². The van der Waals surface area contributed by atoms with E-state index >= 15 is 0 Å². The van der Waals surface area contributed by atoms with Gasteiger partial charge in [-0.2, -0.15) is 12.1 Å². The van der Waals surface area contributed by atoms with Crippen molar-refractivity contribution in [3.63, 3.8) is 0 Å². The van der Waals surface area contributed by atoms with Crippen LogP contribution in [0.25, 0.3) is 61.0 Å². The quantitative estimate of drug-likeness (QED) is 0.149. The third-order valence-electron chi connectivity index (χ3n) is 11.2. The van der Waals surface area contributed by atoms with Gasteiger partial charge in [0.05, 0.1) is 16.5 Å². The molecule has 1 aliphatic rings. The number of fused-ring (bicyclic) bond motifs is 5. The predicted octanol–water partition coefficient (Wildman–Crippen LogP) is 14.1. The van der Waals surface area contributed by atoms with Gasteiger partial charge in [0.2, 0.25) is 5.95 Å². The van der Waals surface area contributed by atoms with E-state index in [-0.39, 0.29) is 78.5 Å². The summed E-state index contributed by atoms with van der Waals surface area (Å²) in [5.74, 6) is 0.282. The maximum absolute atomic E-state index is 9.07. The Kier molecular flexibility index (Phi) is 7.78. The smallest absolute Gasteiger partial charge is 0.213 e. The molecule has 0 radical (unpaired) electrons. The van der Waals surface area contributed by atoms with Gasteiger partial charge in [0.15, 0.2) is 0 Å². The molecule has 0 amide bonds. The molecule has 6 nitrogen and oxygen atoms in total. The number of hydrogen-bond acceptors (Lipinski definition) is 4. The SMILES string of the molecule is [2H]c1cc(Oc2[c-]c3c(cc2)c2c([2H])c([2H])c([2H])c([2H])c2n3-c2nc3ccccc3n2C([2H])([2H])[2H])[c-]c(N2[CH-]N(c3c(-c4ccccc4)cc(C(C)(C)C)cc3-c3ccccc3)c3ccccc32)c1.[Pt]. The van der Waals surface area contributed by atoms with Crippen LogP contribution in [0.1, 0.15) is 37.3 Å². The van der Waals surface area contributed by atoms with Gasteiger partial charge in [0.1, 0.15) is 0 Å². The normalized spacial score (nSPS) is 14.6. The van der Waals surface area contributed by atoms with Crippen molar-refractivity contribution in [2.75, 3.05) is 9.80 Å². The molecule has 0 aliphatic carbocycles. The molecule has 0 saturated carbocycles. The average molecular weight is 992 g/mol. The Bertz CT molecular complexity index is 3620. The second-order valence-corrected chi connectivity index (χ2v) is 16.1. The Morgan fingerprint density at radius 1 is 0.645 bits per heavy atom. The van der Waals surface area contributed by atoms with Crippen molar-refractivity contribution < 1.29 is 36.8 Å². The van der Waals surface area contributed by atoms with Crippen LogP contribution in [0.2, 0.25) is 0 Å². The molecule has 7 heteroatoms. The van der Waals surface area contributed by atoms with Crippen molar-refractivity contribution in [1.29, 1.82) is 0 Å². The monoisotopic (exact) mass is 991 g/mol. The second kappa shape index (κ2) is 15.5. The summed E-state index contributed by atoms with van der Waals surface area (Å²) in [6, 6.07) is 52.1. The molecule has 0 unspecified atom stereocenters. The molecular weight excluding hydrogens is 942 g/mol. The minimum atomic E-state index is -2.73. The summed E-state index contributed by atoms with van der Waals surface area (Å²) >= 11 is 0. The van der Waals surface area contributed by atoms with Crippen molar-refractivity contribution in [2.45, 2.75) is 26.2 Å². The standard InChI is InChI=1S/C55H42N5O.Pt/c1-55(2,3)39-32-45(37-18-7-5-8-19-37)53(46(33-39)38-20-9-6-10-21-38)59-36-58(50-28-15-16-29-51(50)59)40-22-17-23-41(34-40)61-42-30-31-44-43-24-11-13-26-48(43)60(52(44)35-42)54-56-47-25-12-14-27-49(47)57(54)4;/h5-33,36H,1-4H3;/q-3;/i4D3,11D,13D,17D,24D,26D;. The molecule has 62 heavy (non-hydrogen) atoms. The van der Waals surface area contributed by atoms with Crippen molar-refractivity contribution in [1.82, 2.24) is 14.1 Å². The number of hydrogen-bond donors (Lipinski definition) is 0. The third kappa shape index (κ3) is 6.67. The maximum atomic E-state index is 9.07. The number of anilines is 4. The van der Waals surface area contributed by atoms with E-state index < -0.39 is 19.1 Å². The zero-order valence-electron chi connectivity index (χ0n) is 41.9. The van der Waals surface area contributed by atoms with Gasteiger partial charge >= 0.3 is 0 Å². The van der Waals surface area contributed by atoms with Crippen LogP contribution in [0.15, 0.2) is 176 Å². The van der Waals surface area contributed by atoms with E-state index in [1.54, 1.807) is 48.5 Å². The van der Waals surface area contributed by atoms with Crippen molar-refractivity contribution >= 4 is 55.6 Å². The molecule has 8 aromatic carbocycles. The van der Waals surface area contributed by atoms with E-state index in [1.165, 1.54) is 10.1 Å². The fourth-order valence-corrected chi connectivity index (χ4v) is 8.23. The first-order valence-electron chi connectivity index (χ1n) is 24.1. The Balaban J connectivity index is 0.00000567. The van der Waals surface area contributed by atoms with Crippen LogP contribution in [0.5, 0.6) is 11.5 Å². The zero-order chi connectivity index (χ0) is 48.1. The molecule has 0 fully saturated rings. The van der Waals surface area contributed by atoms with Crippen LogP contribution < -0.4 is 14.5 Å². The van der Waals surface area contributed by atoms with Crippen molar-refractivity contribution in [3.8, 4) is 39.7 Å². The largest absolute Gasteiger partial charge is 0.509 e. The molecule has 0 bridgehead atoms. The van der Waals surface area contributed by atoms with E-state index in [9.17, 15) is 0 Å². The third-order valence-corrected chi connectivity index (χ3v) is 11.2. The summed E-state index contributed by atoms with van der Waals surface area (Å²) in [7, 11) is 0. The molecular formula is C55H42N5OPt-3. The Morgan fingerprint density at radius 2 is 1.29 bits per heavy atom. The first-order valence-corrected chi connectivity index (χ1v) is 20.1. The Morgan fingerprint density at radius 3 is 2.00 bits per heavy atom. The molecule has 1 aliphatic heterocycles. The summed E-state index contributed by atoms with van der Waals surface area (Å²) in [6.45, 7) is 5.98. The predicted molar refractivity (Wildman–Crippen MR) is 250 cm³/mol. The summed E-state index contributed by atoms with van der Waals surface area (Å²) < 4.78 is 79.0. The molecule has 10 aromatic rings. The summed E-state index contributed by atoms with van der Waals surface area (Å²) in [5.41, 5.74) is 9.56. The van der Waals surface area contributed by atoms with E-state index in [1.807, 2.05) is 41.9 Å². The van der Waals surface area contributed by atoms with Crippen LogP contribution >= 0.6 is 0 Å². The number of nitrogens with zero attached hydrogens (tertiary/aromatic N) is 5. The first kappa shape index (κ1) is 31.0. The Hall–Kier alpha value is -6.88. The number of ether oxygens (including phenoxy) is 1. The van der Waals surface area contributed by atoms with Crippen LogP contribution in [-0.4, -0.2) is 14.1 Å². The number of imidazole rings is 1. The number of aryl methyl sites for hydroxylation is 1. The minimum Gasteiger partial charge on any atom is -0.509 e. The van der Waals surface area contributed by atoms with Crippen LogP contribution in [0, 0.1) is 18.8 Å². The Labute approximate surface area is 387 Å². The zero-order valence-corrected chi connectivity index (χ0v) is 36.2. The van der Waals surface area contributed by atoms with Crippen LogP contribution in [-0.2, 0) is 33.5 Å². The fraction of sp³-hybridized carbons (Fsp3) is 0.0909. The fourth-order valence-electron chi connectivity index (χ4n) is 8.23. The van der Waals surface area contributed by atoms with Gasteiger partial charge in [-0.05, 0) is 69.9 Å². The van der Waals surface area contributed by atoms with Gasteiger partial charge in [-0.1, -0.05) is 129 Å². The van der Waals surface area contributed by atoms with Gasteiger partial charge in [0.25, 0.3) is 0 Å². The molecule has 2 aromatic heterocycles. The van der Waals surface area contributed by atoms with Gasteiger partial charge in [-0.15, -0.1) is 48.1 Å². The number of para-hydroxylation sites is 5. The number of rotatable bonds is 7. The minimum absolute atomic E-state index is 0. The summed E-state index contributed by atoms with van der Waals surface area (Å²) in [6.07, 6.45) is 0. The summed E-state index contributed by atoms with van der Waals surface area (Å²) in [5, 5.41) is 0.563. The number of benzene rings is 8. The van der Waals surface area contributed by atoms with Crippen molar-refractivity contribution in [2.24, 2.45) is 6.98 Å². The van der Waals surface area contributed by atoms with Crippen molar-refractivity contribution in [3.05, 3.63) is 200 Å². The molecule has 0 atom stereocenters. The summed E-state index contributed by atoms with van der Waals surface area (Å²) in [4.78, 5) is 8.94. The number of aromatic nitrogens is 3. The van der Waals surface area contributed by atoms with Gasteiger partial charge < -0.3 is 23.7 Å². The molecule has 0 saturated heterocycles. The maximum Gasteiger partial charge on any atom is 0.213 e. The molecule has 306 valence electrons. The average Bonchev–Trinajstić information content (AvgIpc) is 4.02. The van der Waals surface area contributed by atoms with Crippen LogP contribution in [0.3, 0.4) is 0 Å². The van der Waals surface area contributed by atoms with Crippen LogP contribution in [0.4, 0.5) is 22.7 Å². The first-order chi connectivity index (χ1) is 33.1. The van der Waals surface area contributed by atoms with E-state index in [4.69, 9.17) is 20.7 Å². The second-order valence-electron chi connectivity index (χ2n) is 16.1. The van der Waals surface area contributed by atoms with E-state index in [0.29, 0.717) is 22.1 Å². The van der Waals surface area contributed by atoms with Gasteiger partial charge in [-0.3, -0.25) is 0 Å². The molecule has 0 N–H and O–H groups in total.